The normalized spacial score (nSPS) is 10.7. The summed E-state index contributed by atoms with van der Waals surface area (Å²) in [5.41, 5.74) is 5.24. The van der Waals surface area contributed by atoms with E-state index in [0.29, 0.717) is 6.54 Å². The van der Waals surface area contributed by atoms with Gasteiger partial charge in [-0.1, -0.05) is 0 Å². The fourth-order valence-electron chi connectivity index (χ4n) is 3.21. The van der Waals surface area contributed by atoms with Crippen LogP contribution in [0.15, 0.2) is 47.3 Å². The Hall–Kier alpha value is -2.46. The summed E-state index contributed by atoms with van der Waals surface area (Å²) in [5, 5.41) is 4.45. The molecule has 0 unspecified atom stereocenters. The highest BCUT2D eigenvalue weighted by atomic mass is 35.5. The van der Waals surface area contributed by atoms with E-state index in [1.54, 1.807) is 7.11 Å². The van der Waals surface area contributed by atoms with E-state index >= 15 is 0 Å². The number of hydrogen-bond donors (Lipinski definition) is 1. The first kappa shape index (κ1) is 20.8. The summed E-state index contributed by atoms with van der Waals surface area (Å²) in [6.07, 6.45) is 0. The Labute approximate surface area is 166 Å². The highest BCUT2D eigenvalue weighted by Gasteiger charge is 2.13. The van der Waals surface area contributed by atoms with Crippen LogP contribution in [0.3, 0.4) is 0 Å². The standard InChI is InChI=1S/C22H26N2O2.ClH/c1-14(2)24-21-11-16(4)15(3)10-17(21)12-18(22(24)25)13-23-19-6-8-20(26-5)9-7-19;/h6-12,14,23H,13H2,1-5H3;1H. The number of rotatable bonds is 5. The first-order valence-corrected chi connectivity index (χ1v) is 8.94. The Morgan fingerprint density at radius 3 is 2.26 bits per heavy atom. The SMILES string of the molecule is COc1ccc(NCc2cc3cc(C)c(C)cc3n(C(C)C)c2=O)cc1.Cl. The van der Waals surface area contributed by atoms with Crippen molar-refractivity contribution in [1.82, 2.24) is 4.57 Å². The molecule has 2 aromatic carbocycles. The van der Waals surface area contributed by atoms with Gasteiger partial charge in [-0.05, 0) is 86.7 Å². The Morgan fingerprint density at radius 1 is 1.04 bits per heavy atom. The van der Waals surface area contributed by atoms with Gasteiger partial charge in [0.2, 0.25) is 0 Å². The average molecular weight is 387 g/mol. The quantitative estimate of drug-likeness (QED) is 0.651. The second kappa shape index (κ2) is 8.49. The molecule has 0 atom stereocenters. The number of fused-ring (bicyclic) bond motifs is 1. The van der Waals surface area contributed by atoms with Gasteiger partial charge >= 0.3 is 0 Å². The lowest BCUT2D eigenvalue weighted by Crippen LogP contribution is -2.27. The van der Waals surface area contributed by atoms with E-state index in [1.165, 1.54) is 11.1 Å². The Bertz CT molecular complexity index is 992. The number of aromatic nitrogens is 1. The average Bonchev–Trinajstić information content (AvgIpc) is 2.62. The number of halogens is 1. The van der Waals surface area contributed by atoms with Crippen LogP contribution in [0.5, 0.6) is 5.75 Å². The maximum Gasteiger partial charge on any atom is 0.256 e. The molecule has 3 aromatic rings. The van der Waals surface area contributed by atoms with Crippen molar-refractivity contribution in [2.45, 2.75) is 40.3 Å². The summed E-state index contributed by atoms with van der Waals surface area (Å²) in [7, 11) is 1.65. The van der Waals surface area contributed by atoms with Crippen LogP contribution < -0.4 is 15.6 Å². The molecule has 1 heterocycles. The lowest BCUT2D eigenvalue weighted by Gasteiger charge is -2.18. The van der Waals surface area contributed by atoms with Crippen molar-refractivity contribution in [2.75, 3.05) is 12.4 Å². The maximum absolute atomic E-state index is 13.0. The van der Waals surface area contributed by atoms with E-state index in [-0.39, 0.29) is 24.0 Å². The molecule has 0 amide bonds. The number of pyridine rings is 1. The first-order chi connectivity index (χ1) is 12.4. The van der Waals surface area contributed by atoms with E-state index in [0.717, 1.165) is 27.9 Å². The molecule has 0 bridgehead atoms. The molecule has 1 aromatic heterocycles. The number of benzene rings is 2. The number of anilines is 1. The van der Waals surface area contributed by atoms with Crippen molar-refractivity contribution in [1.29, 1.82) is 0 Å². The topological polar surface area (TPSA) is 43.3 Å². The molecule has 4 nitrogen and oxygen atoms in total. The lowest BCUT2D eigenvalue weighted by molar-refractivity contribution is 0.415. The Kier molecular flexibility index (Phi) is 6.55. The fourth-order valence-corrected chi connectivity index (χ4v) is 3.21. The molecular formula is C22H27ClN2O2. The van der Waals surface area contributed by atoms with Gasteiger partial charge in [0.25, 0.3) is 5.56 Å². The number of hydrogen-bond acceptors (Lipinski definition) is 3. The van der Waals surface area contributed by atoms with E-state index in [1.807, 2.05) is 34.9 Å². The molecule has 5 heteroatoms. The number of ether oxygens (including phenoxy) is 1. The fraction of sp³-hybridized carbons (Fsp3) is 0.318. The van der Waals surface area contributed by atoms with Gasteiger partial charge in [-0.3, -0.25) is 4.79 Å². The van der Waals surface area contributed by atoms with Crippen LogP contribution in [-0.2, 0) is 6.54 Å². The predicted molar refractivity (Wildman–Crippen MR) is 116 cm³/mol. The van der Waals surface area contributed by atoms with E-state index in [9.17, 15) is 4.79 Å². The zero-order valence-corrected chi connectivity index (χ0v) is 17.3. The summed E-state index contributed by atoms with van der Waals surface area (Å²) in [6.45, 7) is 8.78. The van der Waals surface area contributed by atoms with E-state index in [4.69, 9.17) is 4.74 Å². The number of nitrogens with zero attached hydrogens (tertiary/aromatic N) is 1. The van der Waals surface area contributed by atoms with Gasteiger partial charge in [-0.15, -0.1) is 12.4 Å². The third kappa shape index (κ3) is 4.28. The molecule has 1 N–H and O–H groups in total. The second-order valence-corrected chi connectivity index (χ2v) is 7.02. The number of methoxy groups -OCH3 is 1. The molecule has 3 rings (SSSR count). The minimum atomic E-state index is 0. The van der Waals surface area contributed by atoms with Crippen LogP contribution in [0.2, 0.25) is 0 Å². The van der Waals surface area contributed by atoms with Gasteiger partial charge in [-0.25, -0.2) is 0 Å². The van der Waals surface area contributed by atoms with Crippen LogP contribution in [0, 0.1) is 13.8 Å². The predicted octanol–water partition coefficient (Wildman–Crippen LogP) is 5.24. The summed E-state index contributed by atoms with van der Waals surface area (Å²) < 4.78 is 7.08. The largest absolute Gasteiger partial charge is 0.497 e. The van der Waals surface area contributed by atoms with Gasteiger partial charge in [0.15, 0.2) is 0 Å². The third-order valence-electron chi connectivity index (χ3n) is 4.82. The molecule has 144 valence electrons. The summed E-state index contributed by atoms with van der Waals surface area (Å²) in [4.78, 5) is 13.0. The maximum atomic E-state index is 13.0. The molecule has 0 spiro atoms. The zero-order chi connectivity index (χ0) is 18.8. The molecule has 0 saturated carbocycles. The van der Waals surface area contributed by atoms with Crippen LogP contribution in [0.25, 0.3) is 10.9 Å². The highest BCUT2D eigenvalue weighted by molar-refractivity contribution is 5.85. The molecule has 0 fully saturated rings. The van der Waals surface area contributed by atoms with Crippen molar-refractivity contribution >= 4 is 29.0 Å². The molecule has 27 heavy (non-hydrogen) atoms. The van der Waals surface area contributed by atoms with Crippen LogP contribution in [-0.4, -0.2) is 11.7 Å². The monoisotopic (exact) mass is 386 g/mol. The van der Waals surface area contributed by atoms with Gasteiger partial charge in [0, 0.05) is 23.8 Å². The zero-order valence-electron chi connectivity index (χ0n) is 16.5. The minimum Gasteiger partial charge on any atom is -0.497 e. The van der Waals surface area contributed by atoms with E-state index in [2.05, 4.69) is 45.1 Å². The van der Waals surface area contributed by atoms with Gasteiger partial charge in [0.05, 0.1) is 12.6 Å². The van der Waals surface area contributed by atoms with Gasteiger partial charge in [0.1, 0.15) is 5.75 Å². The van der Waals surface area contributed by atoms with Gasteiger partial charge < -0.3 is 14.6 Å². The minimum absolute atomic E-state index is 0. The third-order valence-corrected chi connectivity index (χ3v) is 4.82. The van der Waals surface area contributed by atoms with Gasteiger partial charge in [-0.2, -0.15) is 0 Å². The Morgan fingerprint density at radius 2 is 1.67 bits per heavy atom. The summed E-state index contributed by atoms with van der Waals surface area (Å²) >= 11 is 0. The van der Waals surface area contributed by atoms with E-state index < -0.39 is 0 Å². The van der Waals surface area contributed by atoms with Crippen molar-refractivity contribution in [2.24, 2.45) is 0 Å². The van der Waals surface area contributed by atoms with Crippen molar-refractivity contribution in [3.05, 3.63) is 69.5 Å². The number of nitrogens with one attached hydrogen (secondary N) is 1. The second-order valence-electron chi connectivity index (χ2n) is 7.02. The smallest absolute Gasteiger partial charge is 0.256 e. The molecule has 0 aliphatic heterocycles. The lowest BCUT2D eigenvalue weighted by atomic mass is 10.0. The molecule has 0 saturated heterocycles. The van der Waals surface area contributed by atoms with Crippen LogP contribution in [0.1, 0.15) is 36.6 Å². The van der Waals surface area contributed by atoms with Crippen LogP contribution in [0.4, 0.5) is 5.69 Å². The first-order valence-electron chi connectivity index (χ1n) is 8.94. The van der Waals surface area contributed by atoms with Crippen molar-refractivity contribution < 1.29 is 4.74 Å². The Balaban J connectivity index is 0.00000261. The summed E-state index contributed by atoms with van der Waals surface area (Å²) in [6, 6.07) is 14.1. The molecule has 0 aliphatic carbocycles. The summed E-state index contributed by atoms with van der Waals surface area (Å²) in [5.74, 6) is 0.814. The van der Waals surface area contributed by atoms with Crippen LogP contribution >= 0.6 is 12.4 Å². The van der Waals surface area contributed by atoms with Crippen molar-refractivity contribution in [3.63, 3.8) is 0 Å². The molecular weight excluding hydrogens is 360 g/mol. The van der Waals surface area contributed by atoms with Crippen molar-refractivity contribution in [3.8, 4) is 5.75 Å². The molecule has 0 aliphatic rings. The number of aryl methyl sites for hydroxylation is 2. The highest BCUT2D eigenvalue weighted by Crippen LogP contribution is 2.22. The molecule has 0 radical (unpaired) electrons.